The van der Waals surface area contributed by atoms with Crippen LogP contribution >= 0.6 is 23.5 Å². The standard InChI is InChI=1S/C39H32ClF10N7O3S2.C5H11N3.C2H6/c1-36(2,62(4)60)11-9-23-5-6-24(25-7-8-27(40)30-32(25)56(18-38(45,46)47)54-35(30)57(19-58)61-3)31(51-23)28(15-20-13-21(41)16-22(42)14-20)52-29(59)17-55-34-26(10-12-37(34,43)44)33(53-55)39(48,49)50;6-5(7)8-4-2-1-3-4;1-2/h5-8,13-14,16,19,28H,10,12,15,17-18H2,1-4H3,(H,52,59);4H,1-3H2,(H4,6,7,8);1-2H3. The van der Waals surface area contributed by atoms with Gasteiger partial charge in [0, 0.05) is 52.5 Å². The fourth-order valence-corrected chi connectivity index (χ4v) is 8.41. The third kappa shape index (κ3) is 13.6. The highest BCUT2D eigenvalue weighted by Crippen LogP contribution is 2.47. The third-order valence-corrected chi connectivity index (χ3v) is 13.7. The summed E-state index contributed by atoms with van der Waals surface area (Å²) in [5.74, 6) is -1.61. The number of hydrogen-bond acceptors (Lipinski definition) is 8. The first-order valence-electron chi connectivity index (χ1n) is 21.9. The van der Waals surface area contributed by atoms with E-state index in [1.807, 2.05) is 13.8 Å². The van der Waals surface area contributed by atoms with Crippen LogP contribution < -0.4 is 21.1 Å². The summed E-state index contributed by atoms with van der Waals surface area (Å²) in [5.41, 5.74) is 5.86. The van der Waals surface area contributed by atoms with Crippen LogP contribution in [-0.2, 0) is 58.4 Å². The van der Waals surface area contributed by atoms with Crippen LogP contribution in [0.25, 0.3) is 22.0 Å². The van der Waals surface area contributed by atoms with Crippen molar-refractivity contribution in [2.24, 2.45) is 16.5 Å². The van der Waals surface area contributed by atoms with Crippen LogP contribution in [0.4, 0.5) is 49.7 Å². The molecule has 1 saturated carbocycles. The number of amides is 2. The Morgan fingerprint density at radius 1 is 1.04 bits per heavy atom. The Labute approximate surface area is 419 Å². The van der Waals surface area contributed by atoms with E-state index in [-0.39, 0.29) is 60.5 Å². The molecule has 390 valence electrons. The van der Waals surface area contributed by atoms with Crippen LogP contribution in [0.5, 0.6) is 0 Å². The first-order valence-corrected chi connectivity index (χ1v) is 25.0. The number of pyridine rings is 1. The number of nitrogens with zero attached hydrogens (tertiary/aromatic N) is 7. The number of benzene rings is 2. The van der Waals surface area contributed by atoms with Gasteiger partial charge in [0.25, 0.3) is 5.92 Å². The number of aromatic nitrogens is 5. The van der Waals surface area contributed by atoms with Crippen molar-refractivity contribution >= 4 is 69.3 Å². The minimum absolute atomic E-state index is 0.0692. The molecule has 26 heteroatoms. The first kappa shape index (κ1) is 57.0. The Bertz CT molecular complexity index is 2900. The van der Waals surface area contributed by atoms with Crippen molar-refractivity contribution < 1.29 is 57.7 Å². The fraction of sp³-hybridized carbons (Fsp3) is 0.435. The van der Waals surface area contributed by atoms with Gasteiger partial charge in [0.1, 0.15) is 40.9 Å². The van der Waals surface area contributed by atoms with Crippen molar-refractivity contribution in [3.05, 3.63) is 93.0 Å². The van der Waals surface area contributed by atoms with Gasteiger partial charge in [-0.15, -0.1) is 0 Å². The maximum atomic E-state index is 15.0. The molecule has 2 atom stereocenters. The minimum atomic E-state index is -5.16. The van der Waals surface area contributed by atoms with Crippen molar-refractivity contribution in [1.82, 2.24) is 29.9 Å². The van der Waals surface area contributed by atoms with Gasteiger partial charge in [0.05, 0.1) is 33.7 Å². The molecule has 5 N–H and O–H groups in total. The summed E-state index contributed by atoms with van der Waals surface area (Å²) < 4.78 is 157. The molecule has 2 aromatic carbocycles. The molecular weight excluding hydrogens is 1030 g/mol. The summed E-state index contributed by atoms with van der Waals surface area (Å²) in [6, 6.07) is 6.43. The largest absolute Gasteiger partial charge is 0.435 e. The molecule has 13 nitrogen and oxygen atoms in total. The zero-order valence-electron chi connectivity index (χ0n) is 39.4. The van der Waals surface area contributed by atoms with Crippen LogP contribution in [0.3, 0.4) is 0 Å². The van der Waals surface area contributed by atoms with Gasteiger partial charge in [-0.25, -0.2) is 18.1 Å². The van der Waals surface area contributed by atoms with Gasteiger partial charge in [-0.2, -0.15) is 45.3 Å². The molecular formula is C46H49ClF10N10O3S2. The number of guanidine groups is 1. The molecule has 2 aliphatic rings. The van der Waals surface area contributed by atoms with Gasteiger partial charge in [-0.3, -0.25) is 28.2 Å². The van der Waals surface area contributed by atoms with Gasteiger partial charge < -0.3 is 16.8 Å². The van der Waals surface area contributed by atoms with Crippen molar-refractivity contribution in [2.75, 3.05) is 16.8 Å². The smallest absolute Gasteiger partial charge is 0.370 e. The third-order valence-electron chi connectivity index (χ3n) is 11.2. The van der Waals surface area contributed by atoms with Crippen molar-refractivity contribution in [3.63, 3.8) is 0 Å². The molecule has 0 bridgehead atoms. The number of hydrogen-bond donors (Lipinski definition) is 3. The Morgan fingerprint density at radius 3 is 2.21 bits per heavy atom. The topological polar surface area (TPSA) is 179 Å². The number of fused-ring (bicyclic) bond motifs is 2. The molecule has 3 heterocycles. The SMILES string of the molecule is CC.CSN(C=O)c1nn(CC(F)(F)F)c2c(-c3ccc(C#CC(C)(C)S(C)=O)nc3C(Cc3cc(F)cc(F)c3)NC(=O)Cn3nc(C(F)(F)F)c4c3C(F)(F)CC4)ccc(Cl)c12.NC(N)=NC1CCC1. The van der Waals surface area contributed by atoms with E-state index in [1.54, 1.807) is 13.8 Å². The number of nitrogens with one attached hydrogen (secondary N) is 1. The van der Waals surface area contributed by atoms with E-state index in [1.165, 1.54) is 43.2 Å². The molecule has 0 saturated heterocycles. The maximum Gasteiger partial charge on any atom is 0.435 e. The van der Waals surface area contributed by atoms with E-state index in [0.29, 0.717) is 23.2 Å². The van der Waals surface area contributed by atoms with E-state index >= 15 is 8.78 Å². The second kappa shape index (κ2) is 22.9. The molecule has 1 fully saturated rings. The maximum absolute atomic E-state index is 15.0. The molecule has 0 radical (unpaired) electrons. The van der Waals surface area contributed by atoms with Crippen LogP contribution in [-0.4, -0.2) is 76.5 Å². The number of alkyl halides is 8. The summed E-state index contributed by atoms with van der Waals surface area (Å²) in [4.78, 5) is 34.6. The van der Waals surface area contributed by atoms with Gasteiger partial charge in [-0.1, -0.05) is 37.4 Å². The number of rotatable bonds is 13. The first-order chi connectivity index (χ1) is 33.6. The van der Waals surface area contributed by atoms with E-state index in [0.717, 1.165) is 41.2 Å². The van der Waals surface area contributed by atoms with Crippen LogP contribution in [0.1, 0.15) is 93.3 Å². The zero-order valence-corrected chi connectivity index (χ0v) is 41.8. The Balaban J connectivity index is 0.000000866. The molecule has 2 unspecified atom stereocenters. The second-order valence-electron chi connectivity index (χ2n) is 16.6. The average Bonchev–Trinajstić information content (AvgIpc) is 3.93. The number of nitrogens with two attached hydrogens (primary N) is 2. The predicted molar refractivity (Wildman–Crippen MR) is 256 cm³/mol. The van der Waals surface area contributed by atoms with E-state index < -0.39 is 107 Å². The number of carbonyl (C=O) groups is 2. The Morgan fingerprint density at radius 2 is 1.68 bits per heavy atom. The fourth-order valence-electron chi connectivity index (χ4n) is 7.59. The summed E-state index contributed by atoms with van der Waals surface area (Å²) in [6.45, 7) is 4.22. The molecule has 0 spiro atoms. The molecule has 2 amide bonds. The van der Waals surface area contributed by atoms with E-state index in [4.69, 9.17) is 23.1 Å². The lowest BCUT2D eigenvalue weighted by Crippen LogP contribution is -2.35. The zero-order chi connectivity index (χ0) is 53.7. The van der Waals surface area contributed by atoms with Crippen LogP contribution in [0, 0.1) is 23.5 Å². The van der Waals surface area contributed by atoms with Crippen molar-refractivity contribution in [1.29, 1.82) is 0 Å². The van der Waals surface area contributed by atoms with Gasteiger partial charge in [0.2, 0.25) is 12.3 Å². The summed E-state index contributed by atoms with van der Waals surface area (Å²) in [6.07, 6.45) is -5.51. The molecule has 5 aromatic rings. The minimum Gasteiger partial charge on any atom is -0.370 e. The monoisotopic (exact) mass is 1080 g/mol. The number of halogens is 11. The lowest BCUT2D eigenvalue weighted by Gasteiger charge is -2.23. The van der Waals surface area contributed by atoms with Gasteiger partial charge in [0.15, 0.2) is 17.5 Å². The van der Waals surface area contributed by atoms with Gasteiger partial charge >= 0.3 is 12.4 Å². The van der Waals surface area contributed by atoms with Crippen LogP contribution in [0.15, 0.2) is 47.5 Å². The highest BCUT2D eigenvalue weighted by molar-refractivity contribution is 8.00. The second-order valence-corrected chi connectivity index (χ2v) is 19.7. The molecule has 7 rings (SSSR count). The van der Waals surface area contributed by atoms with E-state index in [9.17, 15) is 48.9 Å². The molecule has 0 aliphatic heterocycles. The quantitative estimate of drug-likeness (QED) is 0.0259. The summed E-state index contributed by atoms with van der Waals surface area (Å²) in [7, 11) is -1.50. The molecule has 2 aliphatic carbocycles. The lowest BCUT2D eigenvalue weighted by molar-refractivity contribution is -0.143. The number of carbonyl (C=O) groups excluding carboxylic acids is 2. The van der Waals surface area contributed by atoms with E-state index in [2.05, 4.69) is 37.3 Å². The highest BCUT2D eigenvalue weighted by Gasteiger charge is 2.50. The normalized spacial score (nSPS) is 15.1. The van der Waals surface area contributed by atoms with Crippen molar-refractivity contribution in [2.45, 2.75) is 114 Å². The molecule has 72 heavy (non-hydrogen) atoms. The predicted octanol–water partition coefficient (Wildman–Crippen LogP) is 9.53. The van der Waals surface area contributed by atoms with Crippen molar-refractivity contribution in [3.8, 4) is 23.0 Å². The van der Waals surface area contributed by atoms with Gasteiger partial charge in [-0.05, 0) is 99.7 Å². The lowest BCUT2D eigenvalue weighted by atomic mass is 9.93. The summed E-state index contributed by atoms with van der Waals surface area (Å²) in [5, 5.41) is 9.65. The Kier molecular flexibility index (Phi) is 18.1. The summed E-state index contributed by atoms with van der Waals surface area (Å²) >= 11 is 7.36. The highest BCUT2D eigenvalue weighted by atomic mass is 35.5. The Hall–Kier alpha value is -5.87. The number of aliphatic imine (C=N–C) groups is 1. The molecule has 3 aromatic heterocycles. The van der Waals surface area contributed by atoms with Crippen LogP contribution in [0.2, 0.25) is 5.02 Å². The average molecular weight is 1080 g/mol. The number of anilines is 1.